The number of hydrogen-bond acceptors (Lipinski definition) is 14. The number of benzene rings is 7. The standard InChI is InChI=1S/C29H33N3O3.C25H31F2N3O2.C24H28F3N3O3.2CH4/c1-3-4-18-32(2)22-24-21-30-31-29(24)23-10-12-25(13-11-23)33-19-20-34-26-14-16-28(17-15-26)35-27-8-6-5-7-9-27;1-4-5-14-30(3)18-20-17-28-29-24(20)19-6-10-22(11-7-19)31-15-16-32-23-12-8-21(9-13-23)25(2,26)27;1-3-4-13-30(2)17-19-16-28-29-23(19)18-5-7-20(8-6-18)31-14-15-32-21-9-11-22(12-10-21)33-24(25,26)27;;/h5-17,21H,3-4,18-20,22H2,1-2H3,(H,30,31);6-13,17H,4-5,14-16,18H2,1-3H3,(H,28,29);5-12,16H,3-4,13-15,17H2,1-2H3,(H,28,29);2*1H4. The molecule has 3 N–H and O–H groups in total. The lowest BCUT2D eigenvalue weighted by Crippen LogP contribution is -2.19. The molecule has 7 aromatic carbocycles. The molecule has 0 aliphatic rings. The molecule has 0 unspecified atom stereocenters. The third-order valence-corrected chi connectivity index (χ3v) is 15.7. The number of nitrogens with one attached hydrogen (secondary N) is 3. The van der Waals surface area contributed by atoms with Crippen molar-refractivity contribution in [1.29, 1.82) is 0 Å². The maximum absolute atomic E-state index is 13.3. The van der Waals surface area contributed by atoms with Crippen molar-refractivity contribution in [2.24, 2.45) is 0 Å². The Balaban J connectivity index is 0.000000238. The molecule has 0 aliphatic carbocycles. The highest BCUT2D eigenvalue weighted by Crippen LogP contribution is 2.32. The number of alkyl halides is 5. The molecule has 0 radical (unpaired) electrons. The van der Waals surface area contributed by atoms with Crippen LogP contribution in [-0.2, 0) is 25.6 Å². The summed E-state index contributed by atoms with van der Waals surface area (Å²) in [4.78, 5) is 6.92. The number of aromatic nitrogens is 6. The molecule has 0 aliphatic heterocycles. The van der Waals surface area contributed by atoms with Gasteiger partial charge in [0.15, 0.2) is 0 Å². The molecule has 0 spiro atoms. The molecule has 0 saturated carbocycles. The van der Waals surface area contributed by atoms with Crippen LogP contribution in [0.1, 0.15) is 103 Å². The lowest BCUT2D eigenvalue weighted by molar-refractivity contribution is -0.274. The Labute approximate surface area is 598 Å². The summed E-state index contributed by atoms with van der Waals surface area (Å²) in [6.45, 7) is 15.3. The van der Waals surface area contributed by atoms with Crippen LogP contribution in [0.25, 0.3) is 33.8 Å². The molecule has 0 fully saturated rings. The van der Waals surface area contributed by atoms with E-state index in [9.17, 15) is 22.0 Å². The van der Waals surface area contributed by atoms with Crippen molar-refractivity contribution in [3.8, 4) is 85.5 Å². The zero-order valence-electron chi connectivity index (χ0n) is 58.0. The summed E-state index contributed by atoms with van der Waals surface area (Å²) >= 11 is 0. The number of halogens is 5. The van der Waals surface area contributed by atoms with Crippen LogP contribution < -0.4 is 37.9 Å². The van der Waals surface area contributed by atoms with E-state index in [0.717, 1.165) is 133 Å². The number of para-hydroxylation sites is 1. The first-order valence-electron chi connectivity index (χ1n) is 33.8. The number of hydrogen-bond donors (Lipinski definition) is 3. The summed E-state index contributed by atoms with van der Waals surface area (Å²) in [7, 11) is 6.38. The van der Waals surface area contributed by atoms with Crippen LogP contribution in [0.3, 0.4) is 0 Å². The van der Waals surface area contributed by atoms with E-state index in [1.165, 1.54) is 67.6 Å². The van der Waals surface area contributed by atoms with E-state index in [2.05, 4.69) is 104 Å². The number of H-pyrrole nitrogens is 3. The minimum absolute atomic E-state index is 0. The van der Waals surface area contributed by atoms with Gasteiger partial charge < -0.3 is 52.6 Å². The van der Waals surface area contributed by atoms with Gasteiger partial charge in [0, 0.05) is 65.5 Å². The first-order valence-corrected chi connectivity index (χ1v) is 33.8. The van der Waals surface area contributed by atoms with Gasteiger partial charge in [-0.25, -0.2) is 8.78 Å². The van der Waals surface area contributed by atoms with Gasteiger partial charge in [0.1, 0.15) is 91.4 Å². The van der Waals surface area contributed by atoms with Gasteiger partial charge in [0.25, 0.3) is 5.92 Å². The lowest BCUT2D eigenvalue weighted by atomic mass is 10.1. The van der Waals surface area contributed by atoms with Crippen LogP contribution in [0.4, 0.5) is 22.0 Å². The molecular weight excluding hydrogens is 1310 g/mol. The third kappa shape index (κ3) is 27.9. The molecule has 3 aromatic heterocycles. The van der Waals surface area contributed by atoms with Crippen LogP contribution in [0.5, 0.6) is 51.7 Å². The molecule has 3 heterocycles. The minimum Gasteiger partial charge on any atom is -0.490 e. The molecular formula is C80H100F5N9O8. The Bertz CT molecular complexity index is 3870. The predicted octanol–water partition coefficient (Wildman–Crippen LogP) is 19.4. The highest BCUT2D eigenvalue weighted by molar-refractivity contribution is 5.65. The number of nitrogens with zero attached hydrogens (tertiary/aromatic N) is 6. The molecule has 0 saturated heterocycles. The number of rotatable bonds is 37. The zero-order valence-corrected chi connectivity index (χ0v) is 58.0. The fraction of sp³-hybridized carbons (Fsp3) is 0.362. The van der Waals surface area contributed by atoms with Gasteiger partial charge in [0.05, 0.1) is 35.7 Å². The molecule has 10 aromatic rings. The van der Waals surface area contributed by atoms with Crippen molar-refractivity contribution in [1.82, 2.24) is 45.3 Å². The minimum atomic E-state index is -4.71. The highest BCUT2D eigenvalue weighted by Gasteiger charge is 2.31. The van der Waals surface area contributed by atoms with Gasteiger partial charge in [-0.3, -0.25) is 15.3 Å². The predicted molar refractivity (Wildman–Crippen MR) is 394 cm³/mol. The fourth-order valence-corrected chi connectivity index (χ4v) is 10.4. The molecule has 0 bridgehead atoms. The molecule has 17 nitrogen and oxygen atoms in total. The molecule has 548 valence electrons. The van der Waals surface area contributed by atoms with Crippen LogP contribution >= 0.6 is 0 Å². The van der Waals surface area contributed by atoms with Crippen LogP contribution in [0.2, 0.25) is 0 Å². The number of ether oxygens (including phenoxy) is 8. The monoisotopic (exact) mass is 1410 g/mol. The first-order chi connectivity index (χ1) is 48.4. The maximum atomic E-state index is 13.3. The highest BCUT2D eigenvalue weighted by atomic mass is 19.4. The second kappa shape index (κ2) is 42.4. The fourth-order valence-electron chi connectivity index (χ4n) is 10.4. The zero-order chi connectivity index (χ0) is 71.0. The number of aromatic amines is 3. The Hall–Kier alpha value is -9.90. The van der Waals surface area contributed by atoms with Crippen molar-refractivity contribution in [2.75, 3.05) is 80.4 Å². The quantitative estimate of drug-likeness (QED) is 0.0248. The third-order valence-electron chi connectivity index (χ3n) is 15.7. The lowest BCUT2D eigenvalue weighted by Gasteiger charge is -2.16. The summed E-state index contributed by atoms with van der Waals surface area (Å²) in [5.74, 6) is 2.42. The van der Waals surface area contributed by atoms with Crippen molar-refractivity contribution in [2.45, 2.75) is 113 Å². The summed E-state index contributed by atoms with van der Waals surface area (Å²) in [5, 5.41) is 22.0. The van der Waals surface area contributed by atoms with Gasteiger partial charge in [-0.1, -0.05) is 73.1 Å². The van der Waals surface area contributed by atoms with Crippen LogP contribution in [-0.4, -0.2) is 132 Å². The Morgan fingerprint density at radius 3 is 0.902 bits per heavy atom. The molecule has 10 rings (SSSR count). The first kappa shape index (κ1) is 81.1. The van der Waals surface area contributed by atoms with Crippen molar-refractivity contribution >= 4 is 0 Å². The average Bonchev–Trinajstić information content (AvgIpc) is 1.68. The summed E-state index contributed by atoms with van der Waals surface area (Å²) < 4.78 is 107. The van der Waals surface area contributed by atoms with Gasteiger partial charge in [-0.2, -0.15) is 15.3 Å². The van der Waals surface area contributed by atoms with Crippen molar-refractivity contribution in [3.05, 3.63) is 217 Å². The van der Waals surface area contributed by atoms with Crippen molar-refractivity contribution in [3.63, 3.8) is 0 Å². The largest absolute Gasteiger partial charge is 0.573 e. The maximum Gasteiger partial charge on any atom is 0.573 e. The van der Waals surface area contributed by atoms with E-state index in [1.54, 1.807) is 12.1 Å². The van der Waals surface area contributed by atoms with Gasteiger partial charge in [-0.15, -0.1) is 13.2 Å². The second-order valence-electron chi connectivity index (χ2n) is 24.1. The molecule has 102 heavy (non-hydrogen) atoms. The van der Waals surface area contributed by atoms with E-state index in [-0.39, 0.29) is 39.4 Å². The molecule has 22 heteroatoms. The molecule has 0 amide bonds. The van der Waals surface area contributed by atoms with E-state index in [1.807, 2.05) is 134 Å². The van der Waals surface area contributed by atoms with Gasteiger partial charge in [0.2, 0.25) is 0 Å². The van der Waals surface area contributed by atoms with Crippen molar-refractivity contribution < 1.29 is 59.8 Å². The second-order valence-corrected chi connectivity index (χ2v) is 24.1. The number of unbranched alkanes of at least 4 members (excludes halogenated alkanes) is 3. The molecule has 0 atom stereocenters. The summed E-state index contributed by atoms with van der Waals surface area (Å²) in [6.07, 6.45) is 8.04. The smallest absolute Gasteiger partial charge is 0.490 e. The van der Waals surface area contributed by atoms with Gasteiger partial charge in [-0.05, 0) is 218 Å². The summed E-state index contributed by atoms with van der Waals surface area (Å²) in [6, 6.07) is 52.0. The normalized spacial score (nSPS) is 11.2. The topological polar surface area (TPSA) is 170 Å². The van der Waals surface area contributed by atoms with E-state index >= 15 is 0 Å². The van der Waals surface area contributed by atoms with E-state index in [0.29, 0.717) is 43.7 Å². The van der Waals surface area contributed by atoms with E-state index < -0.39 is 12.3 Å². The Morgan fingerprint density at radius 2 is 0.618 bits per heavy atom. The SMILES string of the molecule is C.C.CCCCN(C)Cc1cn[nH]c1-c1ccc(OCCOc2ccc(C(C)(F)F)cc2)cc1.CCCCN(C)Cc1cn[nH]c1-c1ccc(OCCOc2ccc(OC(F)(F)F)cc2)cc1.CCCCN(C)Cc1cn[nH]c1-c1ccc(OCCOc2ccc(Oc3ccccc3)cc2)cc1. The van der Waals surface area contributed by atoms with Crippen LogP contribution in [0, 0.1) is 0 Å². The van der Waals surface area contributed by atoms with Crippen LogP contribution in [0.15, 0.2) is 195 Å². The van der Waals surface area contributed by atoms with E-state index in [4.69, 9.17) is 33.2 Å². The Morgan fingerprint density at radius 1 is 0.353 bits per heavy atom. The Kier molecular flexibility index (Phi) is 33.7. The summed E-state index contributed by atoms with van der Waals surface area (Å²) in [5.41, 5.74) is 9.72. The van der Waals surface area contributed by atoms with Gasteiger partial charge >= 0.3 is 6.36 Å². The average molecular weight is 1410 g/mol.